The highest BCUT2D eigenvalue weighted by Crippen LogP contribution is 2.16. The van der Waals surface area contributed by atoms with Gasteiger partial charge in [-0.1, -0.05) is 42.5 Å². The first-order chi connectivity index (χ1) is 16.0. The highest BCUT2D eigenvalue weighted by atomic mass is 16.5. The van der Waals surface area contributed by atoms with Gasteiger partial charge in [-0.25, -0.2) is 9.78 Å². The highest BCUT2D eigenvalue weighted by Gasteiger charge is 2.19. The van der Waals surface area contributed by atoms with Crippen LogP contribution in [-0.2, 0) is 11.3 Å². The average molecular weight is 438 g/mol. The summed E-state index contributed by atoms with van der Waals surface area (Å²) in [6, 6.07) is 22.3. The molecule has 162 valence electrons. The Kier molecular flexibility index (Phi) is 5.02. The minimum absolute atomic E-state index is 0.00223. The van der Waals surface area contributed by atoms with Crippen molar-refractivity contribution in [2.75, 3.05) is 0 Å². The fraction of sp³-hybridized carbons (Fsp3) is 0.0800. The molecule has 0 saturated carbocycles. The zero-order valence-corrected chi connectivity index (χ0v) is 17.6. The number of aryl methyl sites for hydroxylation is 1. The zero-order chi connectivity index (χ0) is 22.9. The van der Waals surface area contributed by atoms with Gasteiger partial charge in [0.1, 0.15) is 12.3 Å². The number of hydrogen-bond acceptors (Lipinski definition) is 6. The van der Waals surface area contributed by atoms with Crippen LogP contribution in [0.3, 0.4) is 0 Å². The topological polar surface area (TPSA) is 95.6 Å². The second-order valence-electron chi connectivity index (χ2n) is 7.47. The SMILES string of the molecule is Cc1cccc2nc(COC(=O)c3nn(-c4ccccc4)c(=O)c4ccccc34)cc(=O)n12. The number of aromatic nitrogens is 4. The Bertz CT molecular complexity index is 1640. The van der Waals surface area contributed by atoms with Crippen molar-refractivity contribution in [2.24, 2.45) is 0 Å². The summed E-state index contributed by atoms with van der Waals surface area (Å²) in [6.07, 6.45) is 0. The lowest BCUT2D eigenvalue weighted by Gasteiger charge is -2.11. The highest BCUT2D eigenvalue weighted by molar-refractivity contribution is 6.02. The Labute approximate surface area is 187 Å². The molecule has 0 spiro atoms. The number of nitrogens with zero attached hydrogens (tertiary/aromatic N) is 4. The zero-order valence-electron chi connectivity index (χ0n) is 17.6. The monoisotopic (exact) mass is 438 g/mol. The molecule has 5 rings (SSSR count). The maximum Gasteiger partial charge on any atom is 0.359 e. The van der Waals surface area contributed by atoms with Crippen LogP contribution in [-0.4, -0.2) is 25.1 Å². The molecule has 0 fully saturated rings. The summed E-state index contributed by atoms with van der Waals surface area (Å²) < 4.78 is 8.12. The summed E-state index contributed by atoms with van der Waals surface area (Å²) in [6.45, 7) is 1.60. The molecule has 0 saturated heterocycles. The molecule has 33 heavy (non-hydrogen) atoms. The fourth-order valence-electron chi connectivity index (χ4n) is 3.73. The number of carbonyl (C=O) groups excluding carboxylic acids is 1. The van der Waals surface area contributed by atoms with Gasteiger partial charge in [0.05, 0.1) is 16.8 Å². The van der Waals surface area contributed by atoms with Gasteiger partial charge in [0.25, 0.3) is 11.1 Å². The Morgan fingerprint density at radius 3 is 2.42 bits per heavy atom. The van der Waals surface area contributed by atoms with Crippen molar-refractivity contribution in [3.63, 3.8) is 0 Å². The predicted molar refractivity (Wildman–Crippen MR) is 123 cm³/mol. The van der Waals surface area contributed by atoms with Gasteiger partial charge in [-0.05, 0) is 37.3 Å². The third-order valence-electron chi connectivity index (χ3n) is 5.28. The van der Waals surface area contributed by atoms with Crippen molar-refractivity contribution >= 4 is 22.4 Å². The smallest absolute Gasteiger partial charge is 0.359 e. The summed E-state index contributed by atoms with van der Waals surface area (Å²) in [5.41, 5.74) is 1.48. The van der Waals surface area contributed by atoms with Gasteiger partial charge in [-0.15, -0.1) is 0 Å². The summed E-state index contributed by atoms with van der Waals surface area (Å²) in [7, 11) is 0. The van der Waals surface area contributed by atoms with E-state index in [1.807, 2.05) is 19.1 Å². The molecule has 8 nitrogen and oxygen atoms in total. The van der Waals surface area contributed by atoms with E-state index in [-0.39, 0.29) is 23.4 Å². The van der Waals surface area contributed by atoms with Crippen molar-refractivity contribution in [2.45, 2.75) is 13.5 Å². The van der Waals surface area contributed by atoms with Crippen LogP contribution in [0.15, 0.2) is 88.5 Å². The Hall–Kier alpha value is -4.59. The molecule has 8 heteroatoms. The van der Waals surface area contributed by atoms with E-state index >= 15 is 0 Å². The van der Waals surface area contributed by atoms with E-state index in [1.54, 1.807) is 60.7 Å². The maximum absolute atomic E-state index is 13.0. The number of ether oxygens (including phenoxy) is 1. The van der Waals surface area contributed by atoms with Crippen molar-refractivity contribution in [3.8, 4) is 5.69 Å². The second kappa shape index (κ2) is 8.16. The number of fused-ring (bicyclic) bond motifs is 2. The lowest BCUT2D eigenvalue weighted by atomic mass is 10.1. The minimum Gasteiger partial charge on any atom is -0.454 e. The third kappa shape index (κ3) is 3.67. The van der Waals surface area contributed by atoms with Crippen molar-refractivity contribution < 1.29 is 9.53 Å². The number of para-hydroxylation sites is 1. The Morgan fingerprint density at radius 2 is 1.64 bits per heavy atom. The van der Waals surface area contributed by atoms with Gasteiger partial charge in [0.15, 0.2) is 5.69 Å². The number of benzene rings is 2. The molecule has 2 aromatic carbocycles. The molecule has 0 radical (unpaired) electrons. The Balaban J connectivity index is 1.53. The van der Waals surface area contributed by atoms with Crippen molar-refractivity contribution in [1.29, 1.82) is 0 Å². The molecule has 0 amide bonds. The van der Waals surface area contributed by atoms with Gasteiger partial charge >= 0.3 is 5.97 Å². The molecule has 0 aliphatic rings. The molecule has 0 unspecified atom stereocenters. The summed E-state index contributed by atoms with van der Waals surface area (Å²) in [5.74, 6) is -0.720. The molecule has 5 aromatic rings. The van der Waals surface area contributed by atoms with Gasteiger partial charge < -0.3 is 4.74 Å². The Morgan fingerprint density at radius 1 is 0.909 bits per heavy atom. The van der Waals surface area contributed by atoms with Gasteiger partial charge in [0, 0.05) is 17.1 Å². The van der Waals surface area contributed by atoms with Crippen molar-refractivity contribution in [3.05, 3.63) is 117 Å². The van der Waals surface area contributed by atoms with Crippen LogP contribution in [0.5, 0.6) is 0 Å². The van der Waals surface area contributed by atoms with E-state index in [1.165, 1.54) is 15.1 Å². The molecular formula is C25H18N4O4. The van der Waals surface area contributed by atoms with Crippen LogP contribution < -0.4 is 11.1 Å². The predicted octanol–water partition coefficient (Wildman–Crippen LogP) is 3.06. The van der Waals surface area contributed by atoms with Crippen LogP contribution in [0.25, 0.3) is 22.1 Å². The standard InChI is InChI=1S/C25H18N4O4/c1-16-8-7-13-21-26-17(14-22(30)28(16)21)15-33-25(32)23-19-11-5-6-12-20(19)24(31)29(27-23)18-9-3-2-4-10-18/h2-14H,15H2,1H3. The van der Waals surface area contributed by atoms with Gasteiger partial charge in [-0.3, -0.25) is 14.0 Å². The average Bonchev–Trinajstić information content (AvgIpc) is 2.83. The van der Waals surface area contributed by atoms with Crippen LogP contribution in [0.4, 0.5) is 0 Å². The third-order valence-corrected chi connectivity index (χ3v) is 5.28. The summed E-state index contributed by atoms with van der Waals surface area (Å²) >= 11 is 0. The lowest BCUT2D eigenvalue weighted by Crippen LogP contribution is -2.25. The molecule has 3 aromatic heterocycles. The van der Waals surface area contributed by atoms with Crippen LogP contribution in [0.2, 0.25) is 0 Å². The molecule has 3 heterocycles. The second-order valence-corrected chi connectivity index (χ2v) is 7.47. The van der Waals surface area contributed by atoms with E-state index in [2.05, 4.69) is 10.1 Å². The van der Waals surface area contributed by atoms with Crippen LogP contribution in [0, 0.1) is 6.92 Å². The molecular weight excluding hydrogens is 420 g/mol. The lowest BCUT2D eigenvalue weighted by molar-refractivity contribution is 0.0461. The number of pyridine rings is 1. The number of rotatable bonds is 4. The van der Waals surface area contributed by atoms with E-state index in [9.17, 15) is 14.4 Å². The van der Waals surface area contributed by atoms with E-state index in [0.717, 1.165) is 5.69 Å². The maximum atomic E-state index is 13.0. The largest absolute Gasteiger partial charge is 0.454 e. The molecule has 0 atom stereocenters. The fourth-order valence-corrected chi connectivity index (χ4v) is 3.73. The summed E-state index contributed by atoms with van der Waals surface area (Å²) in [4.78, 5) is 42.9. The molecule has 0 bridgehead atoms. The van der Waals surface area contributed by atoms with E-state index in [0.29, 0.717) is 27.8 Å². The van der Waals surface area contributed by atoms with Crippen molar-refractivity contribution in [1.82, 2.24) is 19.2 Å². The summed E-state index contributed by atoms with van der Waals surface area (Å²) in [5, 5.41) is 5.04. The molecule has 0 aliphatic carbocycles. The minimum atomic E-state index is -0.720. The first-order valence-electron chi connectivity index (χ1n) is 10.3. The molecule has 0 aliphatic heterocycles. The molecule has 0 N–H and O–H groups in total. The number of hydrogen-bond donors (Lipinski definition) is 0. The van der Waals surface area contributed by atoms with E-state index < -0.39 is 5.97 Å². The first-order valence-corrected chi connectivity index (χ1v) is 10.3. The first kappa shape index (κ1) is 20.3. The van der Waals surface area contributed by atoms with E-state index in [4.69, 9.17) is 4.74 Å². The quantitative estimate of drug-likeness (QED) is 0.400. The van der Waals surface area contributed by atoms with Gasteiger partial charge in [0.2, 0.25) is 0 Å². The normalized spacial score (nSPS) is 11.1. The number of carbonyl (C=O) groups is 1. The van der Waals surface area contributed by atoms with Gasteiger partial charge in [-0.2, -0.15) is 9.78 Å². The van der Waals surface area contributed by atoms with Crippen LogP contribution in [0.1, 0.15) is 21.9 Å². The van der Waals surface area contributed by atoms with Crippen LogP contribution >= 0.6 is 0 Å². The number of esters is 1.